The zero-order valence-electron chi connectivity index (χ0n) is 20.3. The van der Waals surface area contributed by atoms with Crippen molar-refractivity contribution in [2.45, 2.75) is 82.9 Å². The number of aryl methyl sites for hydroxylation is 2. The van der Waals surface area contributed by atoms with Crippen molar-refractivity contribution >= 4 is 11.8 Å². The zero-order valence-corrected chi connectivity index (χ0v) is 20.3. The number of carbonyl (C=O) groups excluding carboxylic acids is 2. The van der Waals surface area contributed by atoms with E-state index in [1.54, 1.807) is 23.2 Å². The molecule has 2 aliphatic rings. The van der Waals surface area contributed by atoms with Crippen LogP contribution in [0.25, 0.3) is 0 Å². The first-order valence-electron chi connectivity index (χ1n) is 12.9. The van der Waals surface area contributed by atoms with Crippen molar-refractivity contribution < 1.29 is 14.3 Å². The number of rotatable bonds is 8. The summed E-state index contributed by atoms with van der Waals surface area (Å²) in [5.41, 5.74) is 0.357. The Morgan fingerprint density at radius 1 is 0.971 bits per heavy atom. The lowest BCUT2D eigenvalue weighted by molar-refractivity contribution is 0.0856. The Kier molecular flexibility index (Phi) is 9.06. The lowest BCUT2D eigenvalue weighted by atomic mass is 9.96. The van der Waals surface area contributed by atoms with Gasteiger partial charge in [-0.2, -0.15) is 0 Å². The SMILES string of the molecule is O=C(NC[C@@H]1CCCO1)c1cn(CCc2ccccn2)cc(C(=O)NC2CCCCCCC2)c1=O. The average Bonchev–Trinajstić information content (AvgIpc) is 3.38. The van der Waals surface area contributed by atoms with Crippen molar-refractivity contribution in [3.63, 3.8) is 0 Å². The van der Waals surface area contributed by atoms with Crippen LogP contribution < -0.4 is 16.1 Å². The van der Waals surface area contributed by atoms with Gasteiger partial charge in [0, 0.05) is 56.4 Å². The Hall–Kier alpha value is -3.00. The van der Waals surface area contributed by atoms with Crippen LogP contribution in [-0.4, -0.2) is 46.7 Å². The highest BCUT2D eigenvalue weighted by Gasteiger charge is 2.23. The van der Waals surface area contributed by atoms with E-state index in [1.165, 1.54) is 19.3 Å². The van der Waals surface area contributed by atoms with Crippen molar-refractivity contribution in [3.8, 4) is 0 Å². The van der Waals surface area contributed by atoms with Gasteiger partial charge in [0.15, 0.2) is 0 Å². The second kappa shape index (κ2) is 12.6. The Balaban J connectivity index is 1.53. The van der Waals surface area contributed by atoms with Gasteiger partial charge in [0.2, 0.25) is 5.43 Å². The van der Waals surface area contributed by atoms with E-state index in [0.717, 1.165) is 44.2 Å². The topological polar surface area (TPSA) is 102 Å². The molecule has 3 heterocycles. The Morgan fingerprint density at radius 2 is 1.71 bits per heavy atom. The van der Waals surface area contributed by atoms with E-state index in [9.17, 15) is 14.4 Å². The molecule has 0 aromatic carbocycles. The third kappa shape index (κ3) is 7.24. The molecule has 8 heteroatoms. The van der Waals surface area contributed by atoms with Gasteiger partial charge in [0.25, 0.3) is 11.8 Å². The van der Waals surface area contributed by atoms with E-state index in [2.05, 4.69) is 15.6 Å². The van der Waals surface area contributed by atoms with E-state index in [4.69, 9.17) is 4.74 Å². The molecule has 2 amide bonds. The monoisotopic (exact) mass is 480 g/mol. The molecule has 0 radical (unpaired) electrons. The van der Waals surface area contributed by atoms with Gasteiger partial charge in [0.05, 0.1) is 6.10 Å². The Labute approximate surface area is 206 Å². The smallest absolute Gasteiger partial charge is 0.256 e. The molecular formula is C27H36N4O4. The molecule has 1 aliphatic carbocycles. The summed E-state index contributed by atoms with van der Waals surface area (Å²) >= 11 is 0. The third-order valence-corrected chi connectivity index (χ3v) is 6.88. The van der Waals surface area contributed by atoms with E-state index in [0.29, 0.717) is 26.1 Å². The fraction of sp³-hybridized carbons (Fsp3) is 0.556. The second-order valence-electron chi connectivity index (χ2n) is 9.58. The van der Waals surface area contributed by atoms with Gasteiger partial charge >= 0.3 is 0 Å². The minimum atomic E-state index is -0.535. The predicted molar refractivity (Wildman–Crippen MR) is 134 cm³/mol. The van der Waals surface area contributed by atoms with E-state index < -0.39 is 17.2 Å². The Bertz CT molecular complexity index is 1040. The van der Waals surface area contributed by atoms with E-state index in [-0.39, 0.29) is 23.3 Å². The standard InChI is InChI=1S/C27H36N4O4/c32-25-23(26(33)29-17-22-12-8-16-35-22)18-31(15-13-20-9-6-7-14-28-20)19-24(25)27(34)30-21-10-4-2-1-3-5-11-21/h6-7,9,14,18-19,21-22H,1-5,8,10-13,15-17H2,(H,29,33)(H,30,34)/t22-/m0/s1. The normalized spacial score (nSPS) is 19.0. The van der Waals surface area contributed by atoms with Crippen molar-refractivity contribution in [3.05, 3.63) is 63.8 Å². The fourth-order valence-corrected chi connectivity index (χ4v) is 4.84. The maximum atomic E-state index is 13.3. The lowest BCUT2D eigenvalue weighted by Crippen LogP contribution is -2.40. The number of pyridine rings is 2. The van der Waals surface area contributed by atoms with Gasteiger partial charge in [0.1, 0.15) is 11.1 Å². The molecule has 188 valence electrons. The average molecular weight is 481 g/mol. The molecule has 4 rings (SSSR count). The largest absolute Gasteiger partial charge is 0.376 e. The molecular weight excluding hydrogens is 444 g/mol. The first-order chi connectivity index (χ1) is 17.1. The molecule has 8 nitrogen and oxygen atoms in total. The highest BCUT2D eigenvalue weighted by molar-refractivity contribution is 5.99. The summed E-state index contributed by atoms with van der Waals surface area (Å²) in [4.78, 5) is 43.8. The number of hydrogen-bond acceptors (Lipinski definition) is 5. The van der Waals surface area contributed by atoms with Gasteiger partial charge in [-0.1, -0.05) is 38.2 Å². The molecule has 0 unspecified atom stereocenters. The summed E-state index contributed by atoms with van der Waals surface area (Å²) in [6, 6.07) is 5.77. The van der Waals surface area contributed by atoms with Gasteiger partial charge in [-0.15, -0.1) is 0 Å². The maximum Gasteiger partial charge on any atom is 0.256 e. The van der Waals surface area contributed by atoms with Crippen LogP contribution in [0.2, 0.25) is 0 Å². The number of hydrogen-bond donors (Lipinski definition) is 2. The number of carbonyl (C=O) groups is 2. The van der Waals surface area contributed by atoms with Crippen LogP contribution in [-0.2, 0) is 17.7 Å². The molecule has 1 saturated heterocycles. The minimum Gasteiger partial charge on any atom is -0.376 e. The van der Waals surface area contributed by atoms with Crippen molar-refractivity contribution in [2.24, 2.45) is 0 Å². The van der Waals surface area contributed by atoms with Gasteiger partial charge in [-0.3, -0.25) is 19.4 Å². The number of ether oxygens (including phenoxy) is 1. The number of amides is 2. The summed E-state index contributed by atoms with van der Waals surface area (Å²) < 4.78 is 7.33. The first-order valence-corrected chi connectivity index (χ1v) is 12.9. The van der Waals surface area contributed by atoms with Gasteiger partial charge < -0.3 is 19.9 Å². The molecule has 1 aliphatic heterocycles. The fourth-order valence-electron chi connectivity index (χ4n) is 4.84. The summed E-state index contributed by atoms with van der Waals surface area (Å²) in [5, 5.41) is 5.90. The number of nitrogens with zero attached hydrogens (tertiary/aromatic N) is 2. The van der Waals surface area contributed by atoms with Crippen LogP contribution in [0.15, 0.2) is 41.6 Å². The minimum absolute atomic E-state index is 0.0119. The first kappa shape index (κ1) is 25.1. The van der Waals surface area contributed by atoms with Crippen LogP contribution in [0.5, 0.6) is 0 Å². The molecule has 35 heavy (non-hydrogen) atoms. The molecule has 2 N–H and O–H groups in total. The van der Waals surface area contributed by atoms with Crippen LogP contribution in [0.3, 0.4) is 0 Å². The van der Waals surface area contributed by atoms with Crippen LogP contribution in [0, 0.1) is 0 Å². The zero-order chi connectivity index (χ0) is 24.5. The molecule has 2 aromatic rings. The molecule has 1 atom stereocenters. The lowest BCUT2D eigenvalue weighted by Gasteiger charge is -2.21. The van der Waals surface area contributed by atoms with Crippen LogP contribution >= 0.6 is 0 Å². The highest BCUT2D eigenvalue weighted by atomic mass is 16.5. The van der Waals surface area contributed by atoms with E-state index in [1.807, 2.05) is 18.2 Å². The van der Waals surface area contributed by atoms with E-state index >= 15 is 0 Å². The summed E-state index contributed by atoms with van der Waals surface area (Å²) in [6.45, 7) is 1.54. The van der Waals surface area contributed by atoms with Gasteiger partial charge in [-0.25, -0.2) is 0 Å². The number of nitrogens with one attached hydrogen (secondary N) is 2. The highest BCUT2D eigenvalue weighted by Crippen LogP contribution is 2.17. The molecule has 2 fully saturated rings. The molecule has 1 saturated carbocycles. The summed E-state index contributed by atoms with van der Waals surface area (Å²) in [5.74, 6) is -0.876. The van der Waals surface area contributed by atoms with Crippen molar-refractivity contribution in [2.75, 3.05) is 13.2 Å². The summed E-state index contributed by atoms with van der Waals surface area (Å²) in [7, 11) is 0. The third-order valence-electron chi connectivity index (χ3n) is 6.88. The Morgan fingerprint density at radius 3 is 2.40 bits per heavy atom. The maximum absolute atomic E-state index is 13.3. The summed E-state index contributed by atoms with van der Waals surface area (Å²) in [6.07, 6.45) is 14.9. The van der Waals surface area contributed by atoms with Gasteiger partial charge in [-0.05, 0) is 37.8 Å². The van der Waals surface area contributed by atoms with Crippen LogP contribution in [0.1, 0.15) is 84.2 Å². The predicted octanol–water partition coefficient (Wildman–Crippen LogP) is 3.24. The number of aromatic nitrogens is 2. The molecule has 2 aromatic heterocycles. The van der Waals surface area contributed by atoms with Crippen LogP contribution in [0.4, 0.5) is 0 Å². The van der Waals surface area contributed by atoms with Crippen molar-refractivity contribution in [1.82, 2.24) is 20.2 Å². The quantitative estimate of drug-likeness (QED) is 0.604. The van der Waals surface area contributed by atoms with Crippen molar-refractivity contribution in [1.29, 1.82) is 0 Å². The molecule has 0 spiro atoms. The second-order valence-corrected chi connectivity index (χ2v) is 9.58. The molecule has 0 bridgehead atoms.